The van der Waals surface area contributed by atoms with E-state index in [4.69, 9.17) is 18.8 Å². The fourth-order valence-electron chi connectivity index (χ4n) is 3.84. The summed E-state index contributed by atoms with van der Waals surface area (Å²) in [7, 11) is -0.250. The van der Waals surface area contributed by atoms with E-state index in [9.17, 15) is 9.59 Å². The van der Waals surface area contributed by atoms with E-state index in [-0.39, 0.29) is 37.5 Å². The molecule has 0 radical (unpaired) electrons. The monoisotopic (exact) mass is 368 g/mol. The van der Waals surface area contributed by atoms with Crippen molar-refractivity contribution in [1.82, 2.24) is 0 Å². The third-order valence-electron chi connectivity index (χ3n) is 6.06. The molecule has 0 amide bonds. The molecule has 7 heteroatoms. The summed E-state index contributed by atoms with van der Waals surface area (Å²) >= 11 is 0. The highest BCUT2D eigenvalue weighted by Crippen LogP contribution is 2.46. The van der Waals surface area contributed by atoms with Crippen molar-refractivity contribution in [3.63, 3.8) is 0 Å². The molecule has 26 heavy (non-hydrogen) atoms. The van der Waals surface area contributed by atoms with Crippen LogP contribution < -0.4 is 0 Å². The lowest BCUT2D eigenvalue weighted by Gasteiger charge is -2.32. The standard InChI is InChI=1S/C19H33BO6/c1-7-23-15(21)19(16(22)24-8-2)11-9-14(13-19)10-12-20-25-17(3,4)18(5,6)26-20/h14H,7-13H2,1-6H3. The van der Waals surface area contributed by atoms with Gasteiger partial charge in [-0.15, -0.1) is 0 Å². The van der Waals surface area contributed by atoms with E-state index in [1.807, 2.05) is 27.7 Å². The summed E-state index contributed by atoms with van der Waals surface area (Å²) in [6, 6.07) is 0. The Morgan fingerprint density at radius 3 is 1.96 bits per heavy atom. The van der Waals surface area contributed by atoms with Gasteiger partial charge in [-0.1, -0.05) is 6.42 Å². The summed E-state index contributed by atoms with van der Waals surface area (Å²) < 4.78 is 22.5. The van der Waals surface area contributed by atoms with Gasteiger partial charge in [0, 0.05) is 0 Å². The van der Waals surface area contributed by atoms with Crippen LogP contribution in [0.25, 0.3) is 0 Å². The minimum Gasteiger partial charge on any atom is -0.465 e. The van der Waals surface area contributed by atoms with Gasteiger partial charge in [0.05, 0.1) is 24.4 Å². The number of ether oxygens (including phenoxy) is 2. The van der Waals surface area contributed by atoms with Crippen molar-refractivity contribution in [2.45, 2.75) is 84.7 Å². The van der Waals surface area contributed by atoms with Crippen LogP contribution in [0, 0.1) is 11.3 Å². The Balaban J connectivity index is 1.97. The molecule has 1 aliphatic carbocycles. The Kier molecular flexibility index (Phi) is 6.44. The number of rotatable bonds is 7. The zero-order valence-electron chi connectivity index (χ0n) is 17.1. The SMILES string of the molecule is CCOC(=O)C1(C(=O)OCC)CCC(CCB2OC(C)(C)C(C)(C)O2)C1. The van der Waals surface area contributed by atoms with Crippen molar-refractivity contribution >= 4 is 19.1 Å². The lowest BCUT2D eigenvalue weighted by Crippen LogP contribution is -2.41. The molecule has 0 aromatic rings. The van der Waals surface area contributed by atoms with Crippen molar-refractivity contribution in [2.24, 2.45) is 11.3 Å². The summed E-state index contributed by atoms with van der Waals surface area (Å²) in [5, 5.41) is 0. The zero-order valence-corrected chi connectivity index (χ0v) is 17.1. The maximum Gasteiger partial charge on any atom is 0.457 e. The van der Waals surface area contributed by atoms with E-state index in [2.05, 4.69) is 0 Å². The zero-order chi connectivity index (χ0) is 19.6. The van der Waals surface area contributed by atoms with Gasteiger partial charge in [-0.3, -0.25) is 9.59 Å². The van der Waals surface area contributed by atoms with Crippen LogP contribution in [-0.2, 0) is 28.4 Å². The molecule has 0 bridgehead atoms. The molecule has 1 unspecified atom stereocenters. The second kappa shape index (κ2) is 7.89. The Hall–Kier alpha value is -1.08. The van der Waals surface area contributed by atoms with Crippen LogP contribution in [-0.4, -0.2) is 43.5 Å². The van der Waals surface area contributed by atoms with Crippen LogP contribution in [0.3, 0.4) is 0 Å². The maximum absolute atomic E-state index is 12.5. The van der Waals surface area contributed by atoms with Gasteiger partial charge in [-0.25, -0.2) is 0 Å². The molecule has 2 aliphatic rings. The van der Waals surface area contributed by atoms with E-state index in [0.717, 1.165) is 19.2 Å². The fourth-order valence-corrected chi connectivity index (χ4v) is 3.84. The van der Waals surface area contributed by atoms with Gasteiger partial charge >= 0.3 is 19.1 Å². The van der Waals surface area contributed by atoms with Crippen molar-refractivity contribution in [3.8, 4) is 0 Å². The smallest absolute Gasteiger partial charge is 0.457 e. The Bertz CT molecular complexity index is 496. The molecule has 0 aromatic heterocycles. The molecule has 0 spiro atoms. The maximum atomic E-state index is 12.5. The topological polar surface area (TPSA) is 71.1 Å². The van der Waals surface area contributed by atoms with Gasteiger partial charge in [0.2, 0.25) is 0 Å². The highest BCUT2D eigenvalue weighted by molar-refractivity contribution is 6.45. The minimum atomic E-state index is -1.15. The van der Waals surface area contributed by atoms with Gasteiger partial charge in [0.25, 0.3) is 0 Å². The molecule has 148 valence electrons. The second-order valence-corrected chi connectivity index (χ2v) is 8.40. The van der Waals surface area contributed by atoms with E-state index in [1.165, 1.54) is 0 Å². The third-order valence-corrected chi connectivity index (χ3v) is 6.06. The van der Waals surface area contributed by atoms with Crippen LogP contribution >= 0.6 is 0 Å². The van der Waals surface area contributed by atoms with Crippen molar-refractivity contribution in [1.29, 1.82) is 0 Å². The van der Waals surface area contributed by atoms with E-state index in [0.29, 0.717) is 12.8 Å². The van der Waals surface area contributed by atoms with Gasteiger partial charge in [0.1, 0.15) is 0 Å². The van der Waals surface area contributed by atoms with Crippen LogP contribution in [0.15, 0.2) is 0 Å². The van der Waals surface area contributed by atoms with E-state index >= 15 is 0 Å². The molecule has 0 N–H and O–H groups in total. The Morgan fingerprint density at radius 1 is 1.00 bits per heavy atom. The quantitative estimate of drug-likeness (QED) is 0.390. The Labute approximate surface area is 157 Å². The predicted octanol–water partition coefficient (Wildman–Crippen LogP) is 3.38. The predicted molar refractivity (Wildman–Crippen MR) is 98.5 cm³/mol. The molecule has 2 fully saturated rings. The van der Waals surface area contributed by atoms with E-state index < -0.39 is 17.4 Å². The summed E-state index contributed by atoms with van der Waals surface area (Å²) in [4.78, 5) is 25.0. The molecule has 1 atom stereocenters. The van der Waals surface area contributed by atoms with Crippen molar-refractivity contribution < 1.29 is 28.4 Å². The highest BCUT2D eigenvalue weighted by Gasteiger charge is 2.55. The first-order valence-electron chi connectivity index (χ1n) is 9.78. The first-order valence-corrected chi connectivity index (χ1v) is 9.78. The molecule has 2 rings (SSSR count). The van der Waals surface area contributed by atoms with Crippen molar-refractivity contribution in [2.75, 3.05) is 13.2 Å². The number of hydrogen-bond acceptors (Lipinski definition) is 6. The first kappa shape index (κ1) is 21.2. The van der Waals surface area contributed by atoms with Crippen LogP contribution in [0.1, 0.15) is 67.2 Å². The molecular formula is C19H33BO6. The normalized spacial score (nSPS) is 25.9. The summed E-state index contributed by atoms with van der Waals surface area (Å²) in [5.41, 5.74) is -1.83. The average Bonchev–Trinajstić information content (AvgIpc) is 3.06. The molecule has 1 saturated heterocycles. The number of hydrogen-bond donors (Lipinski definition) is 0. The van der Waals surface area contributed by atoms with Gasteiger partial charge < -0.3 is 18.8 Å². The largest absolute Gasteiger partial charge is 0.465 e. The third kappa shape index (κ3) is 4.09. The van der Waals surface area contributed by atoms with Crippen LogP contribution in [0.2, 0.25) is 6.32 Å². The summed E-state index contributed by atoms with van der Waals surface area (Å²) in [6.45, 7) is 12.2. The lowest BCUT2D eigenvalue weighted by molar-refractivity contribution is -0.171. The molecule has 6 nitrogen and oxygen atoms in total. The second-order valence-electron chi connectivity index (χ2n) is 8.40. The van der Waals surface area contributed by atoms with Gasteiger partial charge in [0.15, 0.2) is 5.41 Å². The highest BCUT2D eigenvalue weighted by atomic mass is 16.7. The fraction of sp³-hybridized carbons (Fsp3) is 0.895. The number of carbonyl (C=O) groups is 2. The minimum absolute atomic E-state index is 0.250. The van der Waals surface area contributed by atoms with Crippen LogP contribution in [0.5, 0.6) is 0 Å². The molecule has 1 heterocycles. The Morgan fingerprint density at radius 2 is 1.50 bits per heavy atom. The summed E-state index contributed by atoms with van der Waals surface area (Å²) in [5.74, 6) is -0.643. The molecule has 1 saturated carbocycles. The number of carbonyl (C=O) groups excluding carboxylic acids is 2. The first-order chi connectivity index (χ1) is 12.1. The number of esters is 2. The molecular weight excluding hydrogens is 335 g/mol. The average molecular weight is 368 g/mol. The van der Waals surface area contributed by atoms with Crippen LogP contribution in [0.4, 0.5) is 0 Å². The van der Waals surface area contributed by atoms with Crippen molar-refractivity contribution in [3.05, 3.63) is 0 Å². The molecule has 1 aliphatic heterocycles. The summed E-state index contributed by atoms with van der Waals surface area (Å²) in [6.07, 6.45) is 3.36. The van der Waals surface area contributed by atoms with Gasteiger partial charge in [-0.05, 0) is 73.0 Å². The van der Waals surface area contributed by atoms with Gasteiger partial charge in [-0.2, -0.15) is 0 Å². The molecule has 0 aromatic carbocycles. The lowest BCUT2D eigenvalue weighted by atomic mass is 9.78. The van der Waals surface area contributed by atoms with E-state index in [1.54, 1.807) is 13.8 Å².